The van der Waals surface area contributed by atoms with Crippen molar-refractivity contribution in [2.45, 2.75) is 0 Å². The van der Waals surface area contributed by atoms with Crippen LogP contribution < -0.4 is 5.73 Å². The number of hydrogen-bond acceptors (Lipinski definition) is 3. The zero-order chi connectivity index (χ0) is 19.1. The molecule has 0 fully saturated rings. The van der Waals surface area contributed by atoms with Crippen molar-refractivity contribution in [3.05, 3.63) is 65.6 Å². The fourth-order valence-electron chi connectivity index (χ4n) is 3.46. The van der Waals surface area contributed by atoms with Crippen LogP contribution in [0.4, 0.5) is 5.69 Å². The van der Waals surface area contributed by atoms with Gasteiger partial charge in [-0.2, -0.15) is 0 Å². The smallest absolute Gasteiger partial charge is 0.242 e. The SMILES string of the molecule is Cn1cc(-c2c[nH]c(C(=O)C=O)c2-c2cccc(N)c2)c2cc(Cl)ccc21. The maximum Gasteiger partial charge on any atom is 0.242 e. The van der Waals surface area contributed by atoms with E-state index in [0.29, 0.717) is 22.6 Å². The Morgan fingerprint density at radius 3 is 2.74 bits per heavy atom. The summed E-state index contributed by atoms with van der Waals surface area (Å²) in [6.07, 6.45) is 4.03. The number of aromatic nitrogens is 2. The Balaban J connectivity index is 2.05. The third-order valence-electron chi connectivity index (χ3n) is 4.65. The van der Waals surface area contributed by atoms with E-state index < -0.39 is 5.78 Å². The van der Waals surface area contributed by atoms with Gasteiger partial charge in [0.05, 0.1) is 5.69 Å². The lowest BCUT2D eigenvalue weighted by Crippen LogP contribution is -2.02. The van der Waals surface area contributed by atoms with Crippen LogP contribution in [0.25, 0.3) is 33.2 Å². The zero-order valence-corrected chi connectivity index (χ0v) is 15.2. The molecule has 0 atom stereocenters. The summed E-state index contributed by atoms with van der Waals surface area (Å²) in [4.78, 5) is 26.3. The van der Waals surface area contributed by atoms with Crippen LogP contribution in [0.5, 0.6) is 0 Å². The molecule has 0 amide bonds. The molecule has 2 aromatic heterocycles. The Labute approximate surface area is 160 Å². The second-order valence-electron chi connectivity index (χ2n) is 6.38. The topological polar surface area (TPSA) is 80.9 Å². The van der Waals surface area contributed by atoms with Gasteiger partial charge in [-0.1, -0.05) is 23.7 Å². The maximum absolute atomic E-state index is 12.2. The molecule has 0 aliphatic heterocycles. The number of Topliss-reactive ketones (excluding diaryl/α,β-unsaturated/α-hetero) is 1. The van der Waals surface area contributed by atoms with Crippen molar-refractivity contribution >= 4 is 40.3 Å². The van der Waals surface area contributed by atoms with Crippen LogP contribution in [0.15, 0.2) is 54.9 Å². The molecule has 0 bridgehead atoms. The molecular weight excluding hydrogens is 362 g/mol. The molecule has 0 saturated carbocycles. The van der Waals surface area contributed by atoms with E-state index in [0.717, 1.165) is 27.6 Å². The van der Waals surface area contributed by atoms with Crippen LogP contribution in [0.2, 0.25) is 5.02 Å². The average Bonchev–Trinajstić information content (AvgIpc) is 3.22. The summed E-state index contributed by atoms with van der Waals surface area (Å²) in [5, 5.41) is 1.58. The third kappa shape index (κ3) is 2.82. The zero-order valence-electron chi connectivity index (χ0n) is 14.5. The van der Waals surface area contributed by atoms with E-state index >= 15 is 0 Å². The predicted molar refractivity (Wildman–Crippen MR) is 108 cm³/mol. The molecule has 0 radical (unpaired) electrons. The summed E-state index contributed by atoms with van der Waals surface area (Å²) in [7, 11) is 1.95. The molecule has 0 aliphatic carbocycles. The van der Waals surface area contributed by atoms with E-state index in [1.54, 1.807) is 18.3 Å². The maximum atomic E-state index is 12.2. The number of aromatic amines is 1. The number of nitrogen functional groups attached to an aromatic ring is 1. The van der Waals surface area contributed by atoms with Crippen LogP contribution in [0, 0.1) is 0 Å². The van der Waals surface area contributed by atoms with Crippen molar-refractivity contribution in [3.8, 4) is 22.3 Å². The molecule has 2 heterocycles. The van der Waals surface area contributed by atoms with Gasteiger partial charge in [0.15, 0.2) is 6.29 Å². The summed E-state index contributed by atoms with van der Waals surface area (Å²) in [5.74, 6) is -0.614. The van der Waals surface area contributed by atoms with Crippen LogP contribution in [-0.4, -0.2) is 21.6 Å². The van der Waals surface area contributed by atoms with E-state index in [4.69, 9.17) is 17.3 Å². The number of nitrogens with zero attached hydrogens (tertiary/aromatic N) is 1. The molecule has 0 spiro atoms. The number of benzene rings is 2. The largest absolute Gasteiger partial charge is 0.399 e. The predicted octanol–water partition coefficient (Wildman–Crippen LogP) is 4.46. The number of nitrogens with one attached hydrogen (secondary N) is 1. The fraction of sp³-hybridized carbons (Fsp3) is 0.0476. The van der Waals surface area contributed by atoms with Crippen LogP contribution in [0.1, 0.15) is 10.5 Å². The summed E-state index contributed by atoms with van der Waals surface area (Å²) >= 11 is 6.21. The number of H-pyrrole nitrogens is 1. The van der Waals surface area contributed by atoms with Gasteiger partial charge in [0.1, 0.15) is 0 Å². The highest BCUT2D eigenvalue weighted by Crippen LogP contribution is 2.40. The number of aryl methyl sites for hydroxylation is 1. The number of carbonyl (C=O) groups is 2. The number of anilines is 1. The summed E-state index contributed by atoms with van der Waals surface area (Å²) in [6.45, 7) is 0. The fourth-order valence-corrected chi connectivity index (χ4v) is 3.63. The number of ketones is 1. The monoisotopic (exact) mass is 377 g/mol. The van der Waals surface area contributed by atoms with Gasteiger partial charge in [0.25, 0.3) is 0 Å². The summed E-state index contributed by atoms with van der Waals surface area (Å²) in [5.41, 5.74) is 10.9. The first kappa shape index (κ1) is 17.1. The van der Waals surface area contributed by atoms with Crippen molar-refractivity contribution in [1.29, 1.82) is 0 Å². The molecule has 5 nitrogen and oxygen atoms in total. The van der Waals surface area contributed by atoms with Gasteiger partial charge in [-0.05, 0) is 35.9 Å². The molecule has 4 aromatic rings. The van der Waals surface area contributed by atoms with Gasteiger partial charge in [0, 0.05) is 57.7 Å². The van der Waals surface area contributed by atoms with Crippen LogP contribution >= 0.6 is 11.6 Å². The first-order valence-corrected chi connectivity index (χ1v) is 8.69. The second-order valence-corrected chi connectivity index (χ2v) is 6.81. The highest BCUT2D eigenvalue weighted by Gasteiger charge is 2.22. The molecule has 3 N–H and O–H groups in total. The number of aldehydes is 1. The highest BCUT2D eigenvalue weighted by molar-refractivity contribution is 6.35. The summed E-state index contributed by atoms with van der Waals surface area (Å²) < 4.78 is 2.00. The van der Waals surface area contributed by atoms with E-state index in [-0.39, 0.29) is 5.69 Å². The van der Waals surface area contributed by atoms with Gasteiger partial charge in [-0.15, -0.1) is 0 Å². The van der Waals surface area contributed by atoms with Crippen molar-refractivity contribution in [2.75, 3.05) is 5.73 Å². The molecule has 27 heavy (non-hydrogen) atoms. The van der Waals surface area contributed by atoms with Crippen molar-refractivity contribution in [3.63, 3.8) is 0 Å². The van der Waals surface area contributed by atoms with Gasteiger partial charge in [-0.25, -0.2) is 0 Å². The number of halogens is 1. The minimum atomic E-state index is -0.614. The number of fused-ring (bicyclic) bond motifs is 1. The van der Waals surface area contributed by atoms with Gasteiger partial charge < -0.3 is 15.3 Å². The van der Waals surface area contributed by atoms with Crippen LogP contribution in [-0.2, 0) is 11.8 Å². The molecular formula is C21H16ClN3O2. The lowest BCUT2D eigenvalue weighted by Gasteiger charge is -2.07. The summed E-state index contributed by atoms with van der Waals surface area (Å²) in [6, 6.07) is 12.9. The number of hydrogen-bond donors (Lipinski definition) is 2. The Hall–Kier alpha value is -3.31. The quantitative estimate of drug-likeness (QED) is 0.238. The van der Waals surface area contributed by atoms with Gasteiger partial charge in [0.2, 0.25) is 5.78 Å². The first-order chi connectivity index (χ1) is 13.0. The Kier molecular flexibility index (Phi) is 4.09. The van der Waals surface area contributed by atoms with Crippen LogP contribution in [0.3, 0.4) is 0 Å². The third-order valence-corrected chi connectivity index (χ3v) is 4.89. The standard InChI is InChI=1S/C21H16ClN3O2/c1-25-10-17(15-8-13(22)5-6-18(15)25)16-9-24-21(19(27)11-26)20(16)12-3-2-4-14(23)7-12/h2-11,24H,23H2,1H3. The first-order valence-electron chi connectivity index (χ1n) is 8.31. The lowest BCUT2D eigenvalue weighted by molar-refractivity contribution is -0.104. The van der Waals surface area contributed by atoms with E-state index in [9.17, 15) is 9.59 Å². The molecule has 4 rings (SSSR count). The molecule has 0 unspecified atom stereocenters. The Bertz CT molecular complexity index is 1200. The minimum absolute atomic E-state index is 0.240. The number of nitrogens with two attached hydrogens (primary N) is 1. The van der Waals surface area contributed by atoms with Gasteiger partial charge >= 0.3 is 0 Å². The molecule has 0 saturated heterocycles. The molecule has 0 aliphatic rings. The average molecular weight is 378 g/mol. The number of rotatable bonds is 4. The van der Waals surface area contributed by atoms with Crippen molar-refractivity contribution in [2.24, 2.45) is 7.05 Å². The van der Waals surface area contributed by atoms with E-state index in [1.807, 2.05) is 48.1 Å². The van der Waals surface area contributed by atoms with E-state index in [1.165, 1.54) is 0 Å². The van der Waals surface area contributed by atoms with E-state index in [2.05, 4.69) is 4.98 Å². The van der Waals surface area contributed by atoms with Crippen molar-refractivity contribution in [1.82, 2.24) is 9.55 Å². The Morgan fingerprint density at radius 1 is 1.19 bits per heavy atom. The van der Waals surface area contributed by atoms with Gasteiger partial charge in [-0.3, -0.25) is 9.59 Å². The van der Waals surface area contributed by atoms with Crippen molar-refractivity contribution < 1.29 is 9.59 Å². The second kappa shape index (κ2) is 6.45. The normalized spacial score (nSPS) is 11.0. The number of carbonyl (C=O) groups excluding carboxylic acids is 2. The molecule has 6 heteroatoms. The lowest BCUT2D eigenvalue weighted by atomic mass is 9.95. The molecule has 2 aromatic carbocycles. The Morgan fingerprint density at radius 2 is 2.00 bits per heavy atom. The minimum Gasteiger partial charge on any atom is -0.399 e. The molecule has 134 valence electrons. The highest BCUT2D eigenvalue weighted by atomic mass is 35.5.